The van der Waals surface area contributed by atoms with Crippen LogP contribution in [0.25, 0.3) is 0 Å². The fourth-order valence-corrected chi connectivity index (χ4v) is 1.97. The quantitative estimate of drug-likeness (QED) is 0.704. The molecular weight excluding hydrogens is 172 g/mol. The van der Waals surface area contributed by atoms with Crippen LogP contribution >= 0.6 is 0 Å². The lowest BCUT2D eigenvalue weighted by Crippen LogP contribution is -2.06. The number of aromatic nitrogens is 2. The highest BCUT2D eigenvalue weighted by Gasteiger charge is 2.10. The van der Waals surface area contributed by atoms with E-state index in [0.29, 0.717) is 0 Å². The molecule has 0 bridgehead atoms. The molecule has 0 spiro atoms. The van der Waals surface area contributed by atoms with Crippen LogP contribution in [0.5, 0.6) is 0 Å². The predicted molar refractivity (Wildman–Crippen MR) is 60.1 cm³/mol. The Hall–Kier alpha value is -0.790. The highest BCUT2D eigenvalue weighted by molar-refractivity contribution is 5.04. The predicted octanol–water partition coefficient (Wildman–Crippen LogP) is 3.03. The second-order valence-electron chi connectivity index (χ2n) is 4.63. The van der Waals surface area contributed by atoms with Crippen LogP contribution in [-0.2, 0) is 13.5 Å². The van der Waals surface area contributed by atoms with Gasteiger partial charge in [0.25, 0.3) is 0 Å². The summed E-state index contributed by atoms with van der Waals surface area (Å²) in [5, 5.41) is 4.20. The van der Waals surface area contributed by atoms with Crippen LogP contribution in [0.3, 0.4) is 0 Å². The first-order chi connectivity index (χ1) is 6.61. The van der Waals surface area contributed by atoms with Crippen molar-refractivity contribution in [1.29, 1.82) is 0 Å². The average Bonchev–Trinajstić information content (AvgIpc) is 2.49. The summed E-state index contributed by atoms with van der Waals surface area (Å²) in [5.74, 6) is 1.62. The molecule has 80 valence electrons. The molecule has 0 aliphatic heterocycles. The third-order valence-electron chi connectivity index (χ3n) is 2.66. The molecule has 1 rings (SSSR count). The largest absolute Gasteiger partial charge is 0.276 e. The van der Waals surface area contributed by atoms with Crippen LogP contribution in [-0.4, -0.2) is 9.78 Å². The van der Waals surface area contributed by atoms with Crippen molar-refractivity contribution in [2.75, 3.05) is 0 Å². The Morgan fingerprint density at radius 1 is 1.43 bits per heavy atom. The van der Waals surface area contributed by atoms with Crippen molar-refractivity contribution in [1.82, 2.24) is 9.78 Å². The zero-order chi connectivity index (χ0) is 10.6. The summed E-state index contributed by atoms with van der Waals surface area (Å²) >= 11 is 0. The minimum atomic E-state index is 0.802. The Morgan fingerprint density at radius 2 is 2.14 bits per heavy atom. The van der Waals surface area contributed by atoms with Gasteiger partial charge >= 0.3 is 0 Å². The SMILES string of the molecule is CCC(Cc1cnn(C)c1)CC(C)C. The van der Waals surface area contributed by atoms with E-state index in [4.69, 9.17) is 0 Å². The van der Waals surface area contributed by atoms with Crippen LogP contribution in [0, 0.1) is 11.8 Å². The number of hydrogen-bond donors (Lipinski definition) is 0. The van der Waals surface area contributed by atoms with Crippen molar-refractivity contribution in [3.05, 3.63) is 18.0 Å². The van der Waals surface area contributed by atoms with Crippen molar-refractivity contribution < 1.29 is 0 Å². The summed E-state index contributed by atoms with van der Waals surface area (Å²) in [6, 6.07) is 0. The molecule has 0 radical (unpaired) electrons. The van der Waals surface area contributed by atoms with E-state index in [0.717, 1.165) is 11.8 Å². The summed E-state index contributed by atoms with van der Waals surface area (Å²) in [6.07, 6.45) is 7.90. The van der Waals surface area contributed by atoms with Gasteiger partial charge in [-0.2, -0.15) is 5.10 Å². The highest BCUT2D eigenvalue weighted by Crippen LogP contribution is 2.19. The normalized spacial score (nSPS) is 13.5. The van der Waals surface area contributed by atoms with Crippen molar-refractivity contribution in [3.63, 3.8) is 0 Å². The smallest absolute Gasteiger partial charge is 0.0521 e. The first kappa shape index (κ1) is 11.3. The lowest BCUT2D eigenvalue weighted by atomic mass is 9.90. The molecule has 2 heteroatoms. The lowest BCUT2D eigenvalue weighted by molar-refractivity contribution is 0.396. The van der Waals surface area contributed by atoms with Crippen LogP contribution < -0.4 is 0 Å². The van der Waals surface area contributed by atoms with Crippen molar-refractivity contribution in [2.45, 2.75) is 40.0 Å². The minimum Gasteiger partial charge on any atom is -0.276 e. The summed E-state index contributed by atoms with van der Waals surface area (Å²) in [4.78, 5) is 0. The Balaban J connectivity index is 2.48. The average molecular weight is 194 g/mol. The molecule has 0 saturated heterocycles. The Kier molecular flexibility index (Phi) is 4.18. The lowest BCUT2D eigenvalue weighted by Gasteiger charge is -2.15. The van der Waals surface area contributed by atoms with Gasteiger partial charge in [-0.1, -0.05) is 27.2 Å². The third-order valence-corrected chi connectivity index (χ3v) is 2.66. The van der Waals surface area contributed by atoms with Gasteiger partial charge in [0.15, 0.2) is 0 Å². The zero-order valence-electron chi connectivity index (χ0n) is 9.83. The van der Waals surface area contributed by atoms with E-state index in [1.165, 1.54) is 24.8 Å². The van der Waals surface area contributed by atoms with Gasteiger partial charge in [0.05, 0.1) is 6.20 Å². The van der Waals surface area contributed by atoms with E-state index >= 15 is 0 Å². The first-order valence-electron chi connectivity index (χ1n) is 5.59. The number of hydrogen-bond acceptors (Lipinski definition) is 1. The molecule has 0 fully saturated rings. The maximum Gasteiger partial charge on any atom is 0.0521 e. The van der Waals surface area contributed by atoms with E-state index in [2.05, 4.69) is 32.1 Å². The maximum absolute atomic E-state index is 4.20. The molecule has 1 aromatic rings. The van der Waals surface area contributed by atoms with Gasteiger partial charge in [0.1, 0.15) is 0 Å². The van der Waals surface area contributed by atoms with Crippen LogP contribution in [0.15, 0.2) is 12.4 Å². The summed E-state index contributed by atoms with van der Waals surface area (Å²) < 4.78 is 1.89. The van der Waals surface area contributed by atoms with Gasteiger partial charge in [-0.25, -0.2) is 0 Å². The van der Waals surface area contributed by atoms with Crippen molar-refractivity contribution in [2.24, 2.45) is 18.9 Å². The van der Waals surface area contributed by atoms with Gasteiger partial charge in [-0.15, -0.1) is 0 Å². The number of aryl methyl sites for hydroxylation is 1. The molecule has 0 N–H and O–H groups in total. The van der Waals surface area contributed by atoms with E-state index in [9.17, 15) is 0 Å². The van der Waals surface area contributed by atoms with Crippen molar-refractivity contribution in [3.8, 4) is 0 Å². The first-order valence-corrected chi connectivity index (χ1v) is 5.59. The number of nitrogens with zero attached hydrogens (tertiary/aromatic N) is 2. The topological polar surface area (TPSA) is 17.8 Å². The van der Waals surface area contributed by atoms with E-state index in [1.807, 2.05) is 17.9 Å². The molecule has 0 aliphatic rings. The van der Waals surface area contributed by atoms with Crippen molar-refractivity contribution >= 4 is 0 Å². The molecule has 0 amide bonds. The van der Waals surface area contributed by atoms with Gasteiger partial charge in [-0.05, 0) is 30.2 Å². The highest BCUT2D eigenvalue weighted by atomic mass is 15.2. The van der Waals surface area contributed by atoms with E-state index < -0.39 is 0 Å². The Labute approximate surface area is 87.3 Å². The van der Waals surface area contributed by atoms with Crippen LogP contribution in [0.4, 0.5) is 0 Å². The molecule has 1 unspecified atom stereocenters. The fourth-order valence-electron chi connectivity index (χ4n) is 1.97. The van der Waals surface area contributed by atoms with Gasteiger partial charge in [-0.3, -0.25) is 4.68 Å². The number of rotatable bonds is 5. The Bertz CT molecular complexity index is 263. The van der Waals surface area contributed by atoms with E-state index in [1.54, 1.807) is 0 Å². The van der Waals surface area contributed by atoms with Crippen LogP contribution in [0.2, 0.25) is 0 Å². The van der Waals surface area contributed by atoms with Gasteiger partial charge < -0.3 is 0 Å². The second kappa shape index (κ2) is 5.18. The van der Waals surface area contributed by atoms with Gasteiger partial charge in [0, 0.05) is 13.2 Å². The fraction of sp³-hybridized carbons (Fsp3) is 0.750. The molecule has 0 saturated carbocycles. The molecule has 0 aliphatic carbocycles. The molecule has 14 heavy (non-hydrogen) atoms. The molecular formula is C12H22N2. The molecule has 1 heterocycles. The molecule has 2 nitrogen and oxygen atoms in total. The van der Waals surface area contributed by atoms with Crippen LogP contribution in [0.1, 0.15) is 39.2 Å². The summed E-state index contributed by atoms with van der Waals surface area (Å²) in [5.41, 5.74) is 1.38. The third kappa shape index (κ3) is 3.52. The monoisotopic (exact) mass is 194 g/mol. The summed E-state index contributed by atoms with van der Waals surface area (Å²) in [6.45, 7) is 6.88. The minimum absolute atomic E-state index is 0.802. The molecule has 0 aromatic carbocycles. The Morgan fingerprint density at radius 3 is 2.57 bits per heavy atom. The van der Waals surface area contributed by atoms with E-state index in [-0.39, 0.29) is 0 Å². The van der Waals surface area contributed by atoms with Gasteiger partial charge in [0.2, 0.25) is 0 Å². The molecule has 1 atom stereocenters. The zero-order valence-corrected chi connectivity index (χ0v) is 9.83. The standard InChI is InChI=1S/C12H22N2/c1-5-11(6-10(2)3)7-12-8-13-14(4)9-12/h8-11H,5-7H2,1-4H3. The molecule has 1 aromatic heterocycles. The maximum atomic E-state index is 4.20. The second-order valence-corrected chi connectivity index (χ2v) is 4.63. The summed E-state index contributed by atoms with van der Waals surface area (Å²) in [7, 11) is 1.98.